The summed E-state index contributed by atoms with van der Waals surface area (Å²) in [7, 11) is 1.57. The van der Waals surface area contributed by atoms with Crippen LogP contribution in [0.1, 0.15) is 48.8 Å². The van der Waals surface area contributed by atoms with Crippen LogP contribution in [0.25, 0.3) is 5.69 Å². The lowest BCUT2D eigenvalue weighted by molar-refractivity contribution is 0.0688. The van der Waals surface area contributed by atoms with Gasteiger partial charge in [0.2, 0.25) is 0 Å². The number of carboxylic acids is 1. The van der Waals surface area contributed by atoms with Gasteiger partial charge in [0.15, 0.2) is 5.69 Å². The molecule has 0 aliphatic carbocycles. The van der Waals surface area contributed by atoms with Gasteiger partial charge in [-0.1, -0.05) is 31.2 Å². The number of aromatic nitrogens is 3. The Labute approximate surface area is 123 Å². The van der Waals surface area contributed by atoms with E-state index in [9.17, 15) is 9.90 Å². The second-order valence-corrected chi connectivity index (χ2v) is 4.73. The molecule has 1 N–H and O–H groups in total. The zero-order valence-corrected chi connectivity index (χ0v) is 12.4. The zero-order chi connectivity index (χ0) is 15.4. The molecule has 21 heavy (non-hydrogen) atoms. The molecular formula is C15H19N3O3. The van der Waals surface area contributed by atoms with E-state index in [1.807, 2.05) is 38.1 Å². The maximum absolute atomic E-state index is 11.4. The highest BCUT2D eigenvalue weighted by Gasteiger charge is 2.26. The van der Waals surface area contributed by atoms with Crippen molar-refractivity contribution in [3.05, 3.63) is 35.7 Å². The Bertz CT molecular complexity index is 633. The van der Waals surface area contributed by atoms with E-state index in [0.29, 0.717) is 17.1 Å². The average molecular weight is 289 g/mol. The number of carbonyl (C=O) groups is 1. The smallest absolute Gasteiger partial charge is 0.358 e. The number of para-hydroxylation sites is 2. The van der Waals surface area contributed by atoms with Crippen molar-refractivity contribution in [2.75, 3.05) is 7.11 Å². The van der Waals surface area contributed by atoms with Crippen molar-refractivity contribution >= 4 is 5.97 Å². The van der Waals surface area contributed by atoms with Gasteiger partial charge in [0.05, 0.1) is 12.8 Å². The number of methoxy groups -OCH3 is 1. The monoisotopic (exact) mass is 289 g/mol. The van der Waals surface area contributed by atoms with Crippen LogP contribution in [0.2, 0.25) is 0 Å². The SMILES string of the molecule is CCC(CC)c1c(C(=O)O)nnn1-c1ccccc1OC. The molecule has 0 aliphatic rings. The summed E-state index contributed by atoms with van der Waals surface area (Å²) in [5.74, 6) is -0.347. The van der Waals surface area contributed by atoms with Crippen molar-refractivity contribution in [1.29, 1.82) is 0 Å². The van der Waals surface area contributed by atoms with Crippen LogP contribution in [0, 0.1) is 0 Å². The van der Waals surface area contributed by atoms with Crippen LogP contribution in [0.15, 0.2) is 24.3 Å². The van der Waals surface area contributed by atoms with E-state index >= 15 is 0 Å². The van der Waals surface area contributed by atoms with Crippen LogP contribution < -0.4 is 4.74 Å². The molecule has 1 aromatic carbocycles. The Morgan fingerprint density at radius 2 is 2.00 bits per heavy atom. The van der Waals surface area contributed by atoms with Gasteiger partial charge in [0, 0.05) is 5.92 Å². The van der Waals surface area contributed by atoms with Crippen LogP contribution in [-0.4, -0.2) is 33.2 Å². The average Bonchev–Trinajstić information content (AvgIpc) is 2.93. The Morgan fingerprint density at radius 1 is 1.33 bits per heavy atom. The minimum Gasteiger partial charge on any atom is -0.494 e. The molecule has 0 aliphatic heterocycles. The first-order valence-electron chi connectivity index (χ1n) is 6.96. The first-order chi connectivity index (χ1) is 10.1. The maximum Gasteiger partial charge on any atom is 0.358 e. The number of benzene rings is 1. The standard InChI is InChI=1S/C15H19N3O3/c1-4-10(5-2)14-13(15(19)20)16-17-18(14)11-8-6-7-9-12(11)21-3/h6-10H,4-5H2,1-3H3,(H,19,20). The summed E-state index contributed by atoms with van der Waals surface area (Å²) in [5.41, 5.74) is 1.33. The molecule has 0 saturated carbocycles. The number of rotatable bonds is 6. The number of ether oxygens (including phenoxy) is 1. The van der Waals surface area contributed by atoms with Gasteiger partial charge in [-0.2, -0.15) is 0 Å². The molecule has 0 bridgehead atoms. The molecule has 0 unspecified atom stereocenters. The molecular weight excluding hydrogens is 270 g/mol. The van der Waals surface area contributed by atoms with Crippen molar-refractivity contribution in [3.8, 4) is 11.4 Å². The van der Waals surface area contributed by atoms with Gasteiger partial charge in [-0.3, -0.25) is 0 Å². The molecule has 6 nitrogen and oxygen atoms in total. The summed E-state index contributed by atoms with van der Waals surface area (Å²) in [4.78, 5) is 11.4. The molecule has 1 aromatic heterocycles. The van der Waals surface area contributed by atoms with Crippen LogP contribution in [-0.2, 0) is 0 Å². The quantitative estimate of drug-likeness (QED) is 0.884. The van der Waals surface area contributed by atoms with E-state index < -0.39 is 5.97 Å². The van der Waals surface area contributed by atoms with Gasteiger partial charge in [-0.25, -0.2) is 9.48 Å². The molecule has 6 heteroatoms. The van der Waals surface area contributed by atoms with E-state index in [4.69, 9.17) is 4.74 Å². The van der Waals surface area contributed by atoms with Crippen LogP contribution in [0.5, 0.6) is 5.75 Å². The maximum atomic E-state index is 11.4. The highest BCUT2D eigenvalue weighted by Crippen LogP contribution is 2.30. The predicted molar refractivity (Wildman–Crippen MR) is 78.2 cm³/mol. The Morgan fingerprint density at radius 3 is 2.57 bits per heavy atom. The van der Waals surface area contributed by atoms with Crippen molar-refractivity contribution in [3.63, 3.8) is 0 Å². The number of aromatic carboxylic acids is 1. The fourth-order valence-corrected chi connectivity index (χ4v) is 2.47. The summed E-state index contributed by atoms with van der Waals surface area (Å²) in [6, 6.07) is 7.37. The van der Waals surface area contributed by atoms with Gasteiger partial charge >= 0.3 is 5.97 Å². The van der Waals surface area contributed by atoms with Crippen LogP contribution >= 0.6 is 0 Å². The largest absolute Gasteiger partial charge is 0.494 e. The van der Waals surface area contributed by atoms with Gasteiger partial charge in [-0.05, 0) is 25.0 Å². The molecule has 0 radical (unpaired) electrons. The Kier molecular flexibility index (Phi) is 4.57. The van der Waals surface area contributed by atoms with Crippen molar-refractivity contribution in [2.45, 2.75) is 32.6 Å². The first-order valence-corrected chi connectivity index (χ1v) is 6.96. The summed E-state index contributed by atoms with van der Waals surface area (Å²) in [6.45, 7) is 4.05. The zero-order valence-electron chi connectivity index (χ0n) is 12.4. The Hall–Kier alpha value is -2.37. The number of nitrogens with zero attached hydrogens (tertiary/aromatic N) is 3. The van der Waals surface area contributed by atoms with Gasteiger partial charge in [0.1, 0.15) is 11.4 Å². The minimum absolute atomic E-state index is 0.00889. The van der Waals surface area contributed by atoms with E-state index in [1.54, 1.807) is 11.8 Å². The lowest BCUT2D eigenvalue weighted by atomic mass is 9.97. The third-order valence-electron chi connectivity index (χ3n) is 3.59. The van der Waals surface area contributed by atoms with Crippen LogP contribution in [0.3, 0.4) is 0 Å². The number of hydrogen-bond acceptors (Lipinski definition) is 4. The minimum atomic E-state index is -1.06. The summed E-state index contributed by atoms with van der Waals surface area (Å²) < 4.78 is 6.92. The van der Waals surface area contributed by atoms with Crippen molar-refractivity contribution in [1.82, 2.24) is 15.0 Å². The molecule has 0 fully saturated rings. The molecule has 0 atom stereocenters. The summed E-state index contributed by atoms with van der Waals surface area (Å²) >= 11 is 0. The third kappa shape index (κ3) is 2.74. The lowest BCUT2D eigenvalue weighted by Crippen LogP contribution is -2.12. The molecule has 2 rings (SSSR count). The van der Waals surface area contributed by atoms with Gasteiger partial charge < -0.3 is 9.84 Å². The van der Waals surface area contributed by atoms with E-state index in [1.165, 1.54) is 0 Å². The van der Waals surface area contributed by atoms with E-state index in [-0.39, 0.29) is 11.6 Å². The molecule has 0 amide bonds. The first kappa shape index (κ1) is 15.0. The second kappa shape index (κ2) is 6.39. The molecule has 112 valence electrons. The number of hydrogen-bond donors (Lipinski definition) is 1. The molecule has 0 saturated heterocycles. The van der Waals surface area contributed by atoms with Crippen LogP contribution in [0.4, 0.5) is 0 Å². The molecule has 2 aromatic rings. The van der Waals surface area contributed by atoms with Crippen molar-refractivity contribution < 1.29 is 14.6 Å². The van der Waals surface area contributed by atoms with Gasteiger partial charge in [-0.15, -0.1) is 5.10 Å². The second-order valence-electron chi connectivity index (χ2n) is 4.73. The van der Waals surface area contributed by atoms with Gasteiger partial charge in [0.25, 0.3) is 0 Å². The summed E-state index contributed by atoms with van der Waals surface area (Å²) in [6.07, 6.45) is 1.64. The fourth-order valence-electron chi connectivity index (χ4n) is 2.47. The lowest BCUT2D eigenvalue weighted by Gasteiger charge is -2.16. The molecule has 0 spiro atoms. The number of carboxylic acid groups (broad SMARTS) is 1. The Balaban J connectivity index is 2.66. The van der Waals surface area contributed by atoms with Crippen molar-refractivity contribution in [2.24, 2.45) is 0 Å². The fraction of sp³-hybridized carbons (Fsp3) is 0.400. The normalized spacial score (nSPS) is 10.9. The van der Waals surface area contributed by atoms with E-state index in [2.05, 4.69) is 10.3 Å². The highest BCUT2D eigenvalue weighted by molar-refractivity contribution is 5.87. The van der Waals surface area contributed by atoms with E-state index in [0.717, 1.165) is 12.8 Å². The molecule has 1 heterocycles. The highest BCUT2D eigenvalue weighted by atomic mass is 16.5. The predicted octanol–water partition coefficient (Wildman–Crippen LogP) is 2.88. The third-order valence-corrected chi connectivity index (χ3v) is 3.59. The topological polar surface area (TPSA) is 77.2 Å². The summed E-state index contributed by atoms with van der Waals surface area (Å²) in [5, 5.41) is 17.2.